The minimum Gasteiger partial charge on any atom is -0.490 e. The quantitative estimate of drug-likeness (QED) is 0.823. The van der Waals surface area contributed by atoms with Gasteiger partial charge in [-0.05, 0) is 33.6 Å². The Hall–Kier alpha value is -0.820. The van der Waals surface area contributed by atoms with E-state index < -0.39 is 0 Å². The van der Waals surface area contributed by atoms with E-state index in [1.165, 1.54) is 0 Å². The zero-order valence-corrected chi connectivity index (χ0v) is 12.9. The topological polar surface area (TPSA) is 59.8 Å². The first kappa shape index (κ1) is 14.6. The summed E-state index contributed by atoms with van der Waals surface area (Å²) in [6.07, 6.45) is 0.896. The van der Waals surface area contributed by atoms with Gasteiger partial charge in [-0.25, -0.2) is 10.4 Å². The molecule has 2 rings (SSSR count). The van der Waals surface area contributed by atoms with Crippen LogP contribution in [0.3, 0.4) is 0 Å². The van der Waals surface area contributed by atoms with Crippen molar-refractivity contribution in [3.63, 3.8) is 0 Å². The molecule has 0 spiro atoms. The molecule has 1 heterocycles. The first-order chi connectivity index (χ1) is 9.11. The second-order valence-electron chi connectivity index (χ2n) is 4.69. The fraction of sp³-hybridized carbons (Fsp3) is 0.538. The van der Waals surface area contributed by atoms with Crippen LogP contribution in [0.5, 0.6) is 11.5 Å². The molecule has 1 atom stereocenters. The largest absolute Gasteiger partial charge is 0.490 e. The summed E-state index contributed by atoms with van der Waals surface area (Å²) in [6, 6.07) is 4.07. The van der Waals surface area contributed by atoms with E-state index in [2.05, 4.69) is 21.4 Å². The predicted molar refractivity (Wildman–Crippen MR) is 78.4 cm³/mol. The molecule has 0 aliphatic carbocycles. The summed E-state index contributed by atoms with van der Waals surface area (Å²) in [5.74, 6) is 1.56. The summed E-state index contributed by atoms with van der Waals surface area (Å²) < 4.78 is 12.3. The molecular weight excluding hydrogens is 310 g/mol. The zero-order chi connectivity index (χ0) is 13.8. The van der Waals surface area contributed by atoms with Crippen LogP contribution in [-0.4, -0.2) is 38.9 Å². The Bertz CT molecular complexity index is 440. The van der Waals surface area contributed by atoms with Crippen molar-refractivity contribution in [1.29, 1.82) is 0 Å². The number of hydrazine groups is 1. The van der Waals surface area contributed by atoms with Gasteiger partial charge in [0, 0.05) is 27.1 Å². The van der Waals surface area contributed by atoms with Gasteiger partial charge in [0.25, 0.3) is 0 Å². The Kier molecular flexibility index (Phi) is 5.04. The Labute approximate surface area is 122 Å². The van der Waals surface area contributed by atoms with Crippen molar-refractivity contribution in [3.8, 4) is 11.5 Å². The first-order valence-electron chi connectivity index (χ1n) is 6.34. The van der Waals surface area contributed by atoms with Crippen molar-refractivity contribution >= 4 is 15.9 Å². The van der Waals surface area contributed by atoms with E-state index >= 15 is 0 Å². The maximum atomic E-state index is 5.83. The maximum Gasteiger partial charge on any atom is 0.175 e. The molecule has 1 aromatic rings. The Morgan fingerprint density at radius 2 is 2.11 bits per heavy atom. The molecule has 19 heavy (non-hydrogen) atoms. The van der Waals surface area contributed by atoms with Gasteiger partial charge in [-0.1, -0.05) is 0 Å². The van der Waals surface area contributed by atoms with Gasteiger partial charge in [-0.3, -0.25) is 0 Å². The molecular formula is C13H20BrN3O2. The summed E-state index contributed by atoms with van der Waals surface area (Å²) in [7, 11) is 3.89. The fourth-order valence-electron chi connectivity index (χ4n) is 2.03. The van der Waals surface area contributed by atoms with Gasteiger partial charge < -0.3 is 15.2 Å². The number of fused-ring (bicyclic) bond motifs is 1. The van der Waals surface area contributed by atoms with E-state index in [-0.39, 0.29) is 6.04 Å². The van der Waals surface area contributed by atoms with Crippen molar-refractivity contribution in [2.75, 3.05) is 33.9 Å². The van der Waals surface area contributed by atoms with Gasteiger partial charge in [0.15, 0.2) is 11.5 Å². The summed E-state index contributed by atoms with van der Waals surface area (Å²) in [5.41, 5.74) is 10.2. The number of hydrogen-bond acceptors (Lipinski definition) is 5. The molecule has 0 radical (unpaired) electrons. The molecule has 0 amide bonds. The number of rotatable bonds is 4. The lowest BCUT2D eigenvalue weighted by Crippen LogP contribution is -2.38. The van der Waals surface area contributed by atoms with Crippen molar-refractivity contribution in [1.82, 2.24) is 10.4 Å². The maximum absolute atomic E-state index is 5.83. The van der Waals surface area contributed by atoms with Crippen molar-refractivity contribution in [2.45, 2.75) is 12.5 Å². The van der Waals surface area contributed by atoms with E-state index in [1.807, 2.05) is 31.2 Å². The van der Waals surface area contributed by atoms with E-state index in [4.69, 9.17) is 15.2 Å². The highest BCUT2D eigenvalue weighted by molar-refractivity contribution is 9.10. The number of nitrogens with two attached hydrogens (primary N) is 1. The average molecular weight is 330 g/mol. The van der Waals surface area contributed by atoms with Gasteiger partial charge >= 0.3 is 0 Å². The second-order valence-corrected chi connectivity index (χ2v) is 5.55. The highest BCUT2D eigenvalue weighted by Crippen LogP contribution is 2.39. The Morgan fingerprint density at radius 1 is 1.37 bits per heavy atom. The smallest absolute Gasteiger partial charge is 0.175 e. The van der Waals surface area contributed by atoms with Gasteiger partial charge in [-0.2, -0.15) is 0 Å². The number of nitrogens with zero attached hydrogens (tertiary/aromatic N) is 1. The van der Waals surface area contributed by atoms with Crippen LogP contribution >= 0.6 is 15.9 Å². The fourth-order valence-corrected chi connectivity index (χ4v) is 2.60. The van der Waals surface area contributed by atoms with Crippen LogP contribution in [0.15, 0.2) is 16.6 Å². The molecule has 5 nitrogen and oxygen atoms in total. The SMILES string of the molecule is CN(C)NC(CN)c1cc(Br)c2c(c1)OCCCO2. The van der Waals surface area contributed by atoms with Crippen LogP contribution in [0.4, 0.5) is 0 Å². The number of benzene rings is 1. The van der Waals surface area contributed by atoms with Gasteiger partial charge in [-0.15, -0.1) is 0 Å². The van der Waals surface area contributed by atoms with E-state index in [9.17, 15) is 0 Å². The van der Waals surface area contributed by atoms with Crippen LogP contribution in [0.1, 0.15) is 18.0 Å². The minimum atomic E-state index is 0.0449. The lowest BCUT2D eigenvalue weighted by molar-refractivity contribution is 0.245. The molecule has 6 heteroatoms. The van der Waals surface area contributed by atoms with Gasteiger partial charge in [0.2, 0.25) is 0 Å². The molecule has 0 aromatic heterocycles. The lowest BCUT2D eigenvalue weighted by atomic mass is 10.1. The van der Waals surface area contributed by atoms with Crippen LogP contribution in [0.2, 0.25) is 0 Å². The number of ether oxygens (including phenoxy) is 2. The molecule has 106 valence electrons. The van der Waals surface area contributed by atoms with Crippen LogP contribution < -0.4 is 20.6 Å². The van der Waals surface area contributed by atoms with Crippen molar-refractivity contribution in [2.24, 2.45) is 5.73 Å². The van der Waals surface area contributed by atoms with E-state index in [0.29, 0.717) is 19.8 Å². The molecule has 3 N–H and O–H groups in total. The molecule has 1 aromatic carbocycles. The highest BCUT2D eigenvalue weighted by atomic mass is 79.9. The third kappa shape index (κ3) is 3.60. The third-order valence-corrected chi connectivity index (χ3v) is 3.47. The highest BCUT2D eigenvalue weighted by Gasteiger charge is 2.19. The van der Waals surface area contributed by atoms with Gasteiger partial charge in [0.1, 0.15) is 0 Å². The van der Waals surface area contributed by atoms with E-state index in [0.717, 1.165) is 28.0 Å². The lowest BCUT2D eigenvalue weighted by Gasteiger charge is -2.23. The van der Waals surface area contributed by atoms with Crippen LogP contribution in [-0.2, 0) is 0 Å². The molecule has 0 bridgehead atoms. The molecule has 1 aliphatic heterocycles. The summed E-state index contributed by atoms with van der Waals surface area (Å²) >= 11 is 3.54. The monoisotopic (exact) mass is 329 g/mol. The molecule has 0 saturated carbocycles. The Balaban J connectivity index is 2.31. The third-order valence-electron chi connectivity index (χ3n) is 2.88. The predicted octanol–water partition coefficient (Wildman–Crippen LogP) is 1.68. The summed E-state index contributed by atoms with van der Waals surface area (Å²) in [6.45, 7) is 1.86. The first-order valence-corrected chi connectivity index (χ1v) is 7.13. The summed E-state index contributed by atoms with van der Waals surface area (Å²) in [4.78, 5) is 0. The van der Waals surface area contributed by atoms with E-state index in [1.54, 1.807) is 0 Å². The normalized spacial score (nSPS) is 16.3. The standard InChI is InChI=1S/C13H20BrN3O2/c1-17(2)16-11(8-15)9-6-10(14)13-12(7-9)18-4-3-5-19-13/h6-7,11,16H,3-5,8,15H2,1-2H3. The summed E-state index contributed by atoms with van der Waals surface area (Å²) in [5, 5.41) is 1.90. The molecule has 0 fully saturated rings. The average Bonchev–Trinajstić information content (AvgIpc) is 2.61. The molecule has 0 saturated heterocycles. The van der Waals surface area contributed by atoms with Crippen LogP contribution in [0.25, 0.3) is 0 Å². The number of hydrogen-bond donors (Lipinski definition) is 2. The minimum absolute atomic E-state index is 0.0449. The van der Waals surface area contributed by atoms with Crippen molar-refractivity contribution in [3.05, 3.63) is 22.2 Å². The molecule has 1 aliphatic rings. The second kappa shape index (κ2) is 6.56. The zero-order valence-electron chi connectivity index (χ0n) is 11.3. The number of nitrogens with one attached hydrogen (secondary N) is 1. The van der Waals surface area contributed by atoms with Crippen LogP contribution in [0, 0.1) is 0 Å². The Morgan fingerprint density at radius 3 is 2.79 bits per heavy atom. The number of halogens is 1. The molecule has 1 unspecified atom stereocenters. The van der Waals surface area contributed by atoms with Gasteiger partial charge in [0.05, 0.1) is 23.7 Å². The van der Waals surface area contributed by atoms with Crippen molar-refractivity contribution < 1.29 is 9.47 Å².